The van der Waals surface area contributed by atoms with E-state index in [-0.39, 0.29) is 0 Å². The minimum absolute atomic E-state index is 0.359. The first-order valence-electron chi connectivity index (χ1n) is 3.99. The number of hydrogen-bond acceptors (Lipinski definition) is 2. The van der Waals surface area contributed by atoms with E-state index in [4.69, 9.17) is 10.5 Å². The van der Waals surface area contributed by atoms with E-state index in [1.807, 2.05) is 18.2 Å². The number of methoxy groups -OCH3 is 1. The molecular weight excluding hydrogens is 248 g/mol. The van der Waals surface area contributed by atoms with Crippen LogP contribution >= 0.6 is 15.9 Å². The first-order chi connectivity index (χ1) is 6.63. The molecular formula is C9H11BrN2O2. The van der Waals surface area contributed by atoms with Crippen LogP contribution in [0.15, 0.2) is 22.7 Å². The molecule has 0 saturated carbocycles. The standard InChI is InChI=1S/C9H11BrN2O2/c1-14-8-3-2-7(10)4-6(8)5-12-9(11)13/h2-4H,5H2,1H3,(H3,11,12,13). The molecule has 0 aromatic heterocycles. The highest BCUT2D eigenvalue weighted by Gasteiger charge is 2.03. The zero-order valence-corrected chi connectivity index (χ0v) is 9.30. The summed E-state index contributed by atoms with van der Waals surface area (Å²) in [5.41, 5.74) is 5.84. The van der Waals surface area contributed by atoms with Crippen molar-refractivity contribution in [3.63, 3.8) is 0 Å². The van der Waals surface area contributed by atoms with Gasteiger partial charge in [-0.2, -0.15) is 0 Å². The molecule has 4 nitrogen and oxygen atoms in total. The topological polar surface area (TPSA) is 64.3 Å². The summed E-state index contributed by atoms with van der Waals surface area (Å²) in [6.07, 6.45) is 0. The number of nitrogens with one attached hydrogen (secondary N) is 1. The van der Waals surface area contributed by atoms with E-state index in [9.17, 15) is 4.79 Å². The Labute approximate surface area is 90.6 Å². The van der Waals surface area contributed by atoms with E-state index >= 15 is 0 Å². The van der Waals surface area contributed by atoms with Gasteiger partial charge in [0.05, 0.1) is 7.11 Å². The van der Waals surface area contributed by atoms with Gasteiger partial charge in [-0.1, -0.05) is 15.9 Å². The minimum atomic E-state index is -0.549. The number of rotatable bonds is 3. The van der Waals surface area contributed by atoms with Crippen molar-refractivity contribution in [2.24, 2.45) is 5.73 Å². The fourth-order valence-corrected chi connectivity index (χ4v) is 1.48. The van der Waals surface area contributed by atoms with Gasteiger partial charge in [0.25, 0.3) is 0 Å². The lowest BCUT2D eigenvalue weighted by Crippen LogP contribution is -2.28. The van der Waals surface area contributed by atoms with Gasteiger partial charge in [-0.05, 0) is 18.2 Å². The molecule has 14 heavy (non-hydrogen) atoms. The molecule has 0 saturated heterocycles. The van der Waals surface area contributed by atoms with E-state index in [0.717, 1.165) is 15.8 Å². The Bertz CT molecular complexity index is 342. The second kappa shape index (κ2) is 4.85. The number of amides is 2. The zero-order valence-electron chi connectivity index (χ0n) is 7.71. The van der Waals surface area contributed by atoms with Crippen LogP contribution in [0, 0.1) is 0 Å². The molecule has 1 aromatic rings. The average Bonchev–Trinajstić information content (AvgIpc) is 2.15. The summed E-state index contributed by atoms with van der Waals surface area (Å²) in [7, 11) is 1.58. The van der Waals surface area contributed by atoms with Crippen molar-refractivity contribution in [1.29, 1.82) is 0 Å². The van der Waals surface area contributed by atoms with Crippen LogP contribution in [-0.2, 0) is 6.54 Å². The number of benzene rings is 1. The molecule has 5 heteroatoms. The molecule has 76 valence electrons. The van der Waals surface area contributed by atoms with Crippen molar-refractivity contribution < 1.29 is 9.53 Å². The van der Waals surface area contributed by atoms with E-state index in [2.05, 4.69) is 21.2 Å². The Morgan fingerprint density at radius 3 is 2.93 bits per heavy atom. The van der Waals surface area contributed by atoms with Gasteiger partial charge in [-0.3, -0.25) is 0 Å². The molecule has 1 aromatic carbocycles. The SMILES string of the molecule is COc1ccc(Br)cc1CNC(N)=O. The first-order valence-corrected chi connectivity index (χ1v) is 4.78. The summed E-state index contributed by atoms with van der Waals surface area (Å²) in [6, 6.07) is 5.01. The predicted octanol–water partition coefficient (Wildman–Crippen LogP) is 1.63. The number of nitrogens with two attached hydrogens (primary N) is 1. The number of primary amides is 1. The molecule has 1 rings (SSSR count). The maximum absolute atomic E-state index is 10.5. The van der Waals surface area contributed by atoms with Gasteiger partial charge < -0.3 is 15.8 Å². The van der Waals surface area contributed by atoms with Crippen LogP contribution in [0.4, 0.5) is 4.79 Å². The lowest BCUT2D eigenvalue weighted by atomic mass is 10.2. The van der Waals surface area contributed by atoms with Gasteiger partial charge in [-0.15, -0.1) is 0 Å². The Kier molecular flexibility index (Phi) is 3.76. The maximum Gasteiger partial charge on any atom is 0.312 e. The van der Waals surface area contributed by atoms with Gasteiger partial charge >= 0.3 is 6.03 Å². The lowest BCUT2D eigenvalue weighted by Gasteiger charge is -2.08. The van der Waals surface area contributed by atoms with E-state index in [0.29, 0.717) is 6.54 Å². The van der Waals surface area contributed by atoms with Crippen molar-refractivity contribution in [2.75, 3.05) is 7.11 Å². The van der Waals surface area contributed by atoms with Crippen LogP contribution in [-0.4, -0.2) is 13.1 Å². The average molecular weight is 259 g/mol. The highest BCUT2D eigenvalue weighted by molar-refractivity contribution is 9.10. The number of carbonyl (C=O) groups excluding carboxylic acids is 1. The monoisotopic (exact) mass is 258 g/mol. The Balaban J connectivity index is 2.82. The number of halogens is 1. The maximum atomic E-state index is 10.5. The highest BCUT2D eigenvalue weighted by atomic mass is 79.9. The molecule has 0 aliphatic heterocycles. The van der Waals surface area contributed by atoms with Crippen molar-refractivity contribution in [1.82, 2.24) is 5.32 Å². The largest absolute Gasteiger partial charge is 0.496 e. The molecule has 0 heterocycles. The summed E-state index contributed by atoms with van der Waals surface area (Å²) in [5, 5.41) is 2.50. The van der Waals surface area contributed by atoms with Gasteiger partial charge in [0.2, 0.25) is 0 Å². The third-order valence-electron chi connectivity index (χ3n) is 1.70. The summed E-state index contributed by atoms with van der Waals surface area (Å²) < 4.78 is 6.05. The van der Waals surface area contributed by atoms with Crippen LogP contribution in [0.3, 0.4) is 0 Å². The smallest absolute Gasteiger partial charge is 0.312 e. The Morgan fingerprint density at radius 2 is 2.36 bits per heavy atom. The molecule has 0 aliphatic rings. The Hall–Kier alpha value is -1.23. The number of carbonyl (C=O) groups is 1. The highest BCUT2D eigenvalue weighted by Crippen LogP contribution is 2.22. The lowest BCUT2D eigenvalue weighted by molar-refractivity contribution is 0.248. The minimum Gasteiger partial charge on any atom is -0.496 e. The van der Waals surface area contributed by atoms with Crippen LogP contribution in [0.5, 0.6) is 5.75 Å². The van der Waals surface area contributed by atoms with Crippen molar-refractivity contribution >= 4 is 22.0 Å². The summed E-state index contributed by atoms with van der Waals surface area (Å²) in [4.78, 5) is 10.5. The first kappa shape index (κ1) is 10.8. The van der Waals surface area contributed by atoms with E-state index in [1.54, 1.807) is 7.11 Å². The molecule has 0 atom stereocenters. The van der Waals surface area contributed by atoms with Crippen LogP contribution < -0.4 is 15.8 Å². The van der Waals surface area contributed by atoms with Crippen LogP contribution in [0.1, 0.15) is 5.56 Å². The quantitative estimate of drug-likeness (QED) is 0.866. The van der Waals surface area contributed by atoms with Crippen molar-refractivity contribution in [3.8, 4) is 5.75 Å². The molecule has 3 N–H and O–H groups in total. The predicted molar refractivity (Wildman–Crippen MR) is 57.1 cm³/mol. The molecule has 0 fully saturated rings. The van der Waals surface area contributed by atoms with Gasteiger partial charge in [0, 0.05) is 16.6 Å². The zero-order chi connectivity index (χ0) is 10.6. The Morgan fingerprint density at radius 1 is 1.64 bits per heavy atom. The normalized spacial score (nSPS) is 9.57. The molecule has 0 radical (unpaired) electrons. The van der Waals surface area contributed by atoms with E-state index in [1.165, 1.54) is 0 Å². The summed E-state index contributed by atoms with van der Waals surface area (Å²) >= 11 is 3.33. The molecule has 2 amide bonds. The molecule has 0 unspecified atom stereocenters. The van der Waals surface area contributed by atoms with Crippen molar-refractivity contribution in [2.45, 2.75) is 6.54 Å². The molecule has 0 bridgehead atoms. The fourth-order valence-electron chi connectivity index (χ4n) is 1.07. The summed E-state index contributed by atoms with van der Waals surface area (Å²) in [5.74, 6) is 0.724. The second-order valence-corrected chi connectivity index (χ2v) is 3.59. The molecule has 0 aliphatic carbocycles. The van der Waals surface area contributed by atoms with Crippen LogP contribution in [0.2, 0.25) is 0 Å². The third kappa shape index (κ3) is 2.92. The van der Waals surface area contributed by atoms with Gasteiger partial charge in [-0.25, -0.2) is 4.79 Å². The third-order valence-corrected chi connectivity index (χ3v) is 2.19. The fraction of sp³-hybridized carbons (Fsp3) is 0.222. The van der Waals surface area contributed by atoms with E-state index < -0.39 is 6.03 Å². The number of hydrogen-bond donors (Lipinski definition) is 2. The van der Waals surface area contributed by atoms with Gasteiger partial charge in [0.1, 0.15) is 5.75 Å². The van der Waals surface area contributed by atoms with Gasteiger partial charge in [0.15, 0.2) is 0 Å². The number of ether oxygens (including phenoxy) is 1. The number of urea groups is 1. The van der Waals surface area contributed by atoms with Crippen LogP contribution in [0.25, 0.3) is 0 Å². The van der Waals surface area contributed by atoms with Crippen molar-refractivity contribution in [3.05, 3.63) is 28.2 Å². The second-order valence-electron chi connectivity index (χ2n) is 2.67. The molecule has 0 spiro atoms. The summed E-state index contributed by atoms with van der Waals surface area (Å²) in [6.45, 7) is 0.359.